The molecule has 0 aliphatic carbocycles. The fraction of sp³-hybridized carbons (Fsp3) is 0.394. The first kappa shape index (κ1) is 30.7. The average Bonchev–Trinajstić information content (AvgIpc) is 3.29. The number of rotatable bonds is 9. The van der Waals surface area contributed by atoms with Crippen molar-refractivity contribution in [1.29, 1.82) is 5.26 Å². The number of hydrogen-bond donors (Lipinski definition) is 1. The van der Waals surface area contributed by atoms with E-state index in [1.807, 2.05) is 0 Å². The maximum absolute atomic E-state index is 14.9. The first-order chi connectivity index (χ1) is 21.7. The number of anilines is 1. The molecule has 0 bridgehead atoms. The molecule has 0 radical (unpaired) electrons. The van der Waals surface area contributed by atoms with E-state index in [0.29, 0.717) is 6.04 Å². The molecule has 2 amide bonds. The summed E-state index contributed by atoms with van der Waals surface area (Å²) in [4.78, 5) is 37.6. The lowest BCUT2D eigenvalue weighted by atomic mass is 9.72. The Morgan fingerprint density at radius 2 is 1.84 bits per heavy atom. The number of aromatic nitrogens is 1. The van der Waals surface area contributed by atoms with Crippen molar-refractivity contribution in [1.82, 2.24) is 20.1 Å². The Kier molecular flexibility index (Phi) is 8.35. The largest absolute Gasteiger partial charge is 0.478 e. The van der Waals surface area contributed by atoms with Gasteiger partial charge in [0.15, 0.2) is 0 Å². The molecule has 1 unspecified atom stereocenters. The maximum atomic E-state index is 14.9. The van der Waals surface area contributed by atoms with E-state index in [0.717, 1.165) is 43.3 Å². The van der Waals surface area contributed by atoms with E-state index in [2.05, 4.69) is 21.3 Å². The van der Waals surface area contributed by atoms with Crippen LogP contribution in [0.2, 0.25) is 0 Å². The highest BCUT2D eigenvalue weighted by molar-refractivity contribution is 7.93. The van der Waals surface area contributed by atoms with Crippen LogP contribution < -0.4 is 14.4 Å². The Morgan fingerprint density at radius 1 is 1.11 bits per heavy atom. The van der Waals surface area contributed by atoms with Gasteiger partial charge < -0.3 is 15.0 Å². The van der Waals surface area contributed by atoms with Gasteiger partial charge in [-0.05, 0) is 74.8 Å². The van der Waals surface area contributed by atoms with Gasteiger partial charge >= 0.3 is 0 Å². The molecule has 2 saturated heterocycles. The number of ether oxygens (including phenoxy) is 1. The lowest BCUT2D eigenvalue weighted by Crippen LogP contribution is -2.64. The Bertz CT molecular complexity index is 1750. The average molecular weight is 629 g/mol. The lowest BCUT2D eigenvalue weighted by molar-refractivity contribution is -0.139. The van der Waals surface area contributed by atoms with E-state index in [4.69, 9.17) is 4.74 Å². The molecule has 4 heterocycles. The molecule has 2 aromatic carbocycles. The van der Waals surface area contributed by atoms with Gasteiger partial charge in [-0.2, -0.15) is 5.26 Å². The number of benzene rings is 2. The molecule has 6 rings (SSSR count). The number of hydrogen-bond acceptors (Lipinski definition) is 9. The molecule has 11 nitrogen and oxygen atoms in total. The third-order valence-electron chi connectivity index (χ3n) is 9.22. The molecule has 2 fully saturated rings. The van der Waals surface area contributed by atoms with Crippen molar-refractivity contribution in [3.63, 3.8) is 0 Å². The van der Waals surface area contributed by atoms with Crippen molar-refractivity contribution in [3.8, 4) is 11.9 Å². The predicted octanol–water partition coefficient (Wildman–Crippen LogP) is 2.66. The smallest absolute Gasteiger partial charge is 0.270 e. The van der Waals surface area contributed by atoms with Gasteiger partial charge in [-0.3, -0.25) is 14.5 Å². The van der Waals surface area contributed by atoms with E-state index in [1.54, 1.807) is 49.2 Å². The van der Waals surface area contributed by atoms with Crippen molar-refractivity contribution in [3.05, 3.63) is 83.6 Å². The summed E-state index contributed by atoms with van der Waals surface area (Å²) in [6.45, 7) is 5.42. The second-order valence-electron chi connectivity index (χ2n) is 11.7. The van der Waals surface area contributed by atoms with Crippen molar-refractivity contribution >= 4 is 27.5 Å². The van der Waals surface area contributed by atoms with Crippen LogP contribution in [0, 0.1) is 11.3 Å². The van der Waals surface area contributed by atoms with Gasteiger partial charge in [0, 0.05) is 44.4 Å². The zero-order valence-corrected chi connectivity index (χ0v) is 26.2. The first-order valence-corrected chi connectivity index (χ1v) is 16.6. The number of nitrogens with one attached hydrogen (secondary N) is 1. The Labute approximate surface area is 263 Å². The molecule has 3 aliphatic rings. The van der Waals surface area contributed by atoms with Crippen LogP contribution in [0.5, 0.6) is 5.88 Å². The van der Waals surface area contributed by atoms with Gasteiger partial charge in [-0.1, -0.05) is 24.3 Å². The fourth-order valence-corrected chi connectivity index (χ4v) is 8.21. The quantitative estimate of drug-likeness (QED) is 0.379. The van der Waals surface area contributed by atoms with Crippen molar-refractivity contribution in [2.45, 2.75) is 48.6 Å². The standard InChI is InChI=1S/C33H36N6O5S/c1-3-44-31-27(10-7-15-36-31)33(19-30(40)37(2)25-21-38(22-25)24-13-16-35-17-14-24)28-18-23(20-34)11-12-29(28)39(32(33)41)45(42,43)26-8-5-4-6-9-26/h4-12,15,18,24-25,35H,3,13-14,16-17,19,21-22H2,1-2H3. The van der Waals surface area contributed by atoms with Crippen LogP contribution in [-0.2, 0) is 25.0 Å². The normalized spacial score (nSPS) is 20.7. The van der Waals surface area contributed by atoms with E-state index >= 15 is 0 Å². The summed E-state index contributed by atoms with van der Waals surface area (Å²) in [5.74, 6) is -1.02. The fourth-order valence-electron chi connectivity index (χ4n) is 6.71. The third kappa shape index (κ3) is 5.24. The molecular formula is C33H36N6O5S. The molecule has 3 aromatic rings. The zero-order valence-electron chi connectivity index (χ0n) is 25.3. The van der Waals surface area contributed by atoms with Crippen LogP contribution in [0.25, 0.3) is 0 Å². The van der Waals surface area contributed by atoms with Gasteiger partial charge in [0.1, 0.15) is 5.41 Å². The molecule has 3 aliphatic heterocycles. The van der Waals surface area contributed by atoms with Crippen molar-refractivity contribution in [2.24, 2.45) is 0 Å². The van der Waals surface area contributed by atoms with Crippen molar-refractivity contribution < 1.29 is 22.7 Å². The molecule has 1 aromatic heterocycles. The zero-order chi connectivity index (χ0) is 31.8. The second kappa shape index (κ2) is 12.2. The predicted molar refractivity (Wildman–Crippen MR) is 167 cm³/mol. The van der Waals surface area contributed by atoms with E-state index in [-0.39, 0.29) is 58.1 Å². The third-order valence-corrected chi connectivity index (χ3v) is 10.9. The summed E-state index contributed by atoms with van der Waals surface area (Å²) < 4.78 is 34.9. The van der Waals surface area contributed by atoms with Crippen molar-refractivity contribution in [2.75, 3.05) is 44.1 Å². The summed E-state index contributed by atoms with van der Waals surface area (Å²) in [6.07, 6.45) is 3.27. The number of carbonyl (C=O) groups excluding carboxylic acids is 2. The maximum Gasteiger partial charge on any atom is 0.270 e. The lowest BCUT2D eigenvalue weighted by Gasteiger charge is -2.49. The number of fused-ring (bicyclic) bond motifs is 1. The van der Waals surface area contributed by atoms with Gasteiger partial charge in [-0.15, -0.1) is 0 Å². The molecular weight excluding hydrogens is 592 g/mol. The molecule has 234 valence electrons. The Balaban J connectivity index is 1.45. The number of sulfonamides is 1. The summed E-state index contributed by atoms with van der Waals surface area (Å²) in [5.41, 5.74) is -1.00. The van der Waals surface area contributed by atoms with E-state index in [1.165, 1.54) is 36.5 Å². The molecule has 45 heavy (non-hydrogen) atoms. The van der Waals surface area contributed by atoms with Gasteiger partial charge in [0.25, 0.3) is 15.9 Å². The van der Waals surface area contributed by atoms with E-state index in [9.17, 15) is 23.3 Å². The minimum Gasteiger partial charge on any atom is -0.478 e. The monoisotopic (exact) mass is 628 g/mol. The second-order valence-corrected chi connectivity index (χ2v) is 13.5. The summed E-state index contributed by atoms with van der Waals surface area (Å²) >= 11 is 0. The molecule has 0 spiro atoms. The summed E-state index contributed by atoms with van der Waals surface area (Å²) in [5, 5.41) is 13.2. The highest BCUT2D eigenvalue weighted by Gasteiger charge is 2.59. The minimum absolute atomic E-state index is 0.0460. The molecule has 0 saturated carbocycles. The summed E-state index contributed by atoms with van der Waals surface area (Å²) in [6, 6.07) is 17.9. The highest BCUT2D eigenvalue weighted by atomic mass is 32.2. The van der Waals surface area contributed by atoms with Crippen LogP contribution >= 0.6 is 0 Å². The number of nitriles is 1. The number of piperidine rings is 1. The summed E-state index contributed by atoms with van der Waals surface area (Å²) in [7, 11) is -2.67. The highest BCUT2D eigenvalue weighted by Crippen LogP contribution is 2.52. The number of carbonyl (C=O) groups is 2. The topological polar surface area (TPSA) is 136 Å². The SMILES string of the molecule is CCOc1ncccc1C1(CC(=O)N(C)C2CN(C3CCNCC3)C2)C(=O)N(S(=O)(=O)c2ccccc2)c2ccc(C#N)cc21. The van der Waals surface area contributed by atoms with Gasteiger partial charge in [0.2, 0.25) is 11.8 Å². The number of amides is 2. The van der Waals surface area contributed by atoms with Gasteiger partial charge in [0.05, 0.1) is 34.9 Å². The van der Waals surface area contributed by atoms with Crippen LogP contribution in [0.4, 0.5) is 5.69 Å². The number of pyridine rings is 1. The van der Waals surface area contributed by atoms with Gasteiger partial charge in [-0.25, -0.2) is 17.7 Å². The van der Waals surface area contributed by atoms with Crippen LogP contribution in [-0.4, -0.2) is 86.9 Å². The minimum atomic E-state index is -4.41. The molecule has 12 heteroatoms. The Morgan fingerprint density at radius 3 is 2.53 bits per heavy atom. The van der Waals surface area contributed by atoms with Crippen LogP contribution in [0.3, 0.4) is 0 Å². The number of nitrogens with zero attached hydrogens (tertiary/aromatic N) is 5. The number of likely N-dealkylation sites (tertiary alicyclic amines) is 1. The van der Waals surface area contributed by atoms with Crippen LogP contribution in [0.1, 0.15) is 42.9 Å². The number of likely N-dealkylation sites (N-methyl/N-ethyl adjacent to an activating group) is 1. The molecule has 1 atom stereocenters. The first-order valence-electron chi connectivity index (χ1n) is 15.2. The molecule has 1 N–H and O–H groups in total. The Hall–Kier alpha value is -4.31. The van der Waals surface area contributed by atoms with Crippen LogP contribution in [0.15, 0.2) is 71.8 Å². The van der Waals surface area contributed by atoms with E-state index < -0.39 is 21.3 Å².